The van der Waals surface area contributed by atoms with Gasteiger partial charge in [0.1, 0.15) is 29.1 Å². The molecular weight excluding hydrogens is 462 g/mol. The van der Waals surface area contributed by atoms with Crippen molar-refractivity contribution >= 4 is 5.84 Å². The van der Waals surface area contributed by atoms with Crippen LogP contribution in [-0.2, 0) is 18.8 Å². The third kappa shape index (κ3) is 3.49. The Bertz CT molecular complexity index is 1550. The van der Waals surface area contributed by atoms with E-state index in [9.17, 15) is 22.4 Å². The van der Waals surface area contributed by atoms with Gasteiger partial charge in [-0.2, -0.15) is 13.2 Å². The number of alkyl halides is 3. The molecule has 10 heteroatoms. The summed E-state index contributed by atoms with van der Waals surface area (Å²) in [6.07, 6.45) is 0.916. The summed E-state index contributed by atoms with van der Waals surface area (Å²) in [7, 11) is 1.22. The predicted octanol–water partition coefficient (Wildman–Crippen LogP) is 4.01. The topological polar surface area (TPSA) is 86.2 Å². The van der Waals surface area contributed by atoms with Crippen LogP contribution in [0.1, 0.15) is 27.8 Å². The zero-order chi connectivity index (χ0) is 25.0. The van der Waals surface area contributed by atoms with Crippen LogP contribution in [-0.4, -0.2) is 20.4 Å². The number of amidine groups is 1. The Labute approximate surface area is 196 Å². The highest BCUT2D eigenvalue weighted by Crippen LogP contribution is 2.47. The van der Waals surface area contributed by atoms with Crippen molar-refractivity contribution in [2.24, 2.45) is 17.8 Å². The lowest BCUT2D eigenvalue weighted by atomic mass is 9.77. The SMILES string of the molecule is Cn1cc(C2(c3cccc(-c4cncnc4)c3)N=C(N)c3c(F)cccc32)cc(C(F)(F)F)c1=O. The highest BCUT2D eigenvalue weighted by molar-refractivity contribution is 6.03. The average molecular weight is 479 g/mol. The van der Waals surface area contributed by atoms with Gasteiger partial charge in [-0.15, -0.1) is 0 Å². The van der Waals surface area contributed by atoms with Gasteiger partial charge in [-0.25, -0.2) is 19.4 Å². The van der Waals surface area contributed by atoms with Crippen LogP contribution in [0.2, 0.25) is 0 Å². The maximum atomic E-state index is 14.9. The molecule has 5 rings (SSSR count). The van der Waals surface area contributed by atoms with E-state index in [-0.39, 0.29) is 22.5 Å². The molecule has 0 amide bonds. The summed E-state index contributed by atoms with van der Waals surface area (Å²) in [6.45, 7) is 0. The van der Waals surface area contributed by atoms with Crippen molar-refractivity contribution in [2.75, 3.05) is 0 Å². The third-order valence-electron chi connectivity index (χ3n) is 6.03. The van der Waals surface area contributed by atoms with Gasteiger partial charge in [0.2, 0.25) is 0 Å². The number of benzene rings is 2. The number of hydrogen-bond acceptors (Lipinski definition) is 5. The molecule has 3 heterocycles. The molecule has 0 saturated heterocycles. The Hall–Kier alpha value is -4.34. The monoisotopic (exact) mass is 479 g/mol. The lowest BCUT2D eigenvalue weighted by molar-refractivity contribution is -0.139. The molecule has 0 bridgehead atoms. The Balaban J connectivity index is 1.87. The first-order chi connectivity index (χ1) is 16.6. The zero-order valence-corrected chi connectivity index (χ0v) is 18.2. The molecule has 35 heavy (non-hydrogen) atoms. The van der Waals surface area contributed by atoms with Crippen LogP contribution < -0.4 is 11.3 Å². The maximum absolute atomic E-state index is 14.9. The normalized spacial score (nSPS) is 17.2. The first-order valence-corrected chi connectivity index (χ1v) is 10.4. The molecule has 2 N–H and O–H groups in total. The minimum absolute atomic E-state index is 0.00311. The summed E-state index contributed by atoms with van der Waals surface area (Å²) < 4.78 is 57.1. The number of fused-ring (bicyclic) bond motifs is 1. The fourth-order valence-electron chi connectivity index (χ4n) is 4.47. The number of hydrogen-bond donors (Lipinski definition) is 1. The van der Waals surface area contributed by atoms with Crippen LogP contribution in [0.5, 0.6) is 0 Å². The van der Waals surface area contributed by atoms with Crippen LogP contribution in [0, 0.1) is 5.82 Å². The summed E-state index contributed by atoms with van der Waals surface area (Å²) in [4.78, 5) is 24.9. The minimum atomic E-state index is -4.91. The standard InChI is InChI=1S/C25H17F4N5O/c1-34-12-17(9-19(23(34)35)25(27,28)29)24(18-6-3-7-20(26)21(18)22(30)33-24)16-5-2-4-14(8-16)15-10-31-13-32-11-15/h2-13H,1H3,(H2,30,33). The van der Waals surface area contributed by atoms with E-state index in [0.717, 1.165) is 10.6 Å². The van der Waals surface area contributed by atoms with Crippen molar-refractivity contribution in [3.8, 4) is 11.1 Å². The highest BCUT2D eigenvalue weighted by Gasteiger charge is 2.46. The van der Waals surface area contributed by atoms with Crippen LogP contribution in [0.3, 0.4) is 0 Å². The summed E-state index contributed by atoms with van der Waals surface area (Å²) in [5.41, 5.74) is 3.98. The molecule has 0 radical (unpaired) electrons. The van der Waals surface area contributed by atoms with Crippen molar-refractivity contribution in [3.05, 3.63) is 117 Å². The first-order valence-electron chi connectivity index (χ1n) is 10.4. The molecule has 0 saturated carbocycles. The van der Waals surface area contributed by atoms with Gasteiger partial charge >= 0.3 is 6.18 Å². The van der Waals surface area contributed by atoms with Gasteiger partial charge in [-0.3, -0.25) is 4.79 Å². The van der Waals surface area contributed by atoms with Gasteiger partial charge in [0, 0.05) is 42.3 Å². The summed E-state index contributed by atoms with van der Waals surface area (Å²) in [5.74, 6) is -0.812. The van der Waals surface area contributed by atoms with Gasteiger partial charge in [-0.1, -0.05) is 30.3 Å². The average Bonchev–Trinajstić information content (AvgIpc) is 3.15. The molecule has 176 valence electrons. The second-order valence-electron chi connectivity index (χ2n) is 8.13. The number of rotatable bonds is 3. The number of nitrogens with zero attached hydrogens (tertiary/aromatic N) is 4. The van der Waals surface area contributed by atoms with E-state index in [4.69, 9.17) is 5.73 Å². The van der Waals surface area contributed by atoms with Crippen molar-refractivity contribution in [3.63, 3.8) is 0 Å². The van der Waals surface area contributed by atoms with Gasteiger partial charge < -0.3 is 10.3 Å². The number of nitrogens with two attached hydrogens (primary N) is 1. The molecule has 4 aromatic rings. The van der Waals surface area contributed by atoms with E-state index in [1.807, 2.05) is 0 Å². The van der Waals surface area contributed by atoms with Gasteiger partial charge in [0.05, 0.1) is 5.56 Å². The van der Waals surface area contributed by atoms with E-state index >= 15 is 0 Å². The van der Waals surface area contributed by atoms with Crippen molar-refractivity contribution in [1.82, 2.24) is 14.5 Å². The lowest BCUT2D eigenvalue weighted by Gasteiger charge is -2.30. The van der Waals surface area contributed by atoms with Crippen LogP contribution in [0.25, 0.3) is 11.1 Å². The van der Waals surface area contributed by atoms with Gasteiger partial charge in [-0.05, 0) is 29.3 Å². The molecule has 2 aromatic heterocycles. The van der Waals surface area contributed by atoms with E-state index in [1.54, 1.807) is 42.7 Å². The molecule has 0 spiro atoms. The number of aryl methyl sites for hydroxylation is 1. The highest BCUT2D eigenvalue weighted by atomic mass is 19.4. The predicted molar refractivity (Wildman–Crippen MR) is 121 cm³/mol. The molecule has 0 aliphatic carbocycles. The fourth-order valence-corrected chi connectivity index (χ4v) is 4.47. The van der Waals surface area contributed by atoms with Crippen molar-refractivity contribution < 1.29 is 17.6 Å². The number of aromatic nitrogens is 3. The first kappa shape index (κ1) is 22.5. The van der Waals surface area contributed by atoms with Gasteiger partial charge in [0.25, 0.3) is 5.56 Å². The van der Waals surface area contributed by atoms with Crippen molar-refractivity contribution in [1.29, 1.82) is 0 Å². The Kier molecular flexibility index (Phi) is 5.04. The maximum Gasteiger partial charge on any atom is 0.421 e. The summed E-state index contributed by atoms with van der Waals surface area (Å²) in [6, 6.07) is 11.9. The molecule has 1 aliphatic rings. The van der Waals surface area contributed by atoms with E-state index in [1.165, 1.54) is 31.7 Å². The van der Waals surface area contributed by atoms with Gasteiger partial charge in [0.15, 0.2) is 0 Å². The molecule has 2 aromatic carbocycles. The molecular formula is C25H17F4N5O. The molecule has 6 nitrogen and oxygen atoms in total. The fraction of sp³-hybridized carbons (Fsp3) is 0.120. The zero-order valence-electron chi connectivity index (χ0n) is 18.2. The Morgan fingerprint density at radius 2 is 1.69 bits per heavy atom. The number of halogens is 4. The van der Waals surface area contributed by atoms with E-state index in [2.05, 4.69) is 15.0 Å². The van der Waals surface area contributed by atoms with E-state index in [0.29, 0.717) is 16.7 Å². The van der Waals surface area contributed by atoms with Crippen LogP contribution >= 0.6 is 0 Å². The number of pyridine rings is 1. The Morgan fingerprint density at radius 1 is 0.971 bits per heavy atom. The number of aliphatic imine (C=N–C) groups is 1. The summed E-state index contributed by atoms with van der Waals surface area (Å²) >= 11 is 0. The van der Waals surface area contributed by atoms with Crippen LogP contribution in [0.4, 0.5) is 17.6 Å². The molecule has 1 unspecified atom stereocenters. The quantitative estimate of drug-likeness (QED) is 0.450. The third-order valence-corrected chi connectivity index (χ3v) is 6.03. The second kappa shape index (κ2) is 7.86. The second-order valence-corrected chi connectivity index (χ2v) is 8.13. The minimum Gasteiger partial charge on any atom is -0.383 e. The Morgan fingerprint density at radius 3 is 2.40 bits per heavy atom. The molecule has 0 fully saturated rings. The van der Waals surface area contributed by atoms with Crippen LogP contribution in [0.15, 0.2) is 83.2 Å². The largest absolute Gasteiger partial charge is 0.421 e. The van der Waals surface area contributed by atoms with E-state index < -0.39 is 28.7 Å². The summed E-state index contributed by atoms with van der Waals surface area (Å²) in [5, 5.41) is 0. The molecule has 1 atom stereocenters. The lowest BCUT2D eigenvalue weighted by Crippen LogP contribution is -2.32. The van der Waals surface area contributed by atoms with Crippen molar-refractivity contribution in [2.45, 2.75) is 11.7 Å². The molecule has 1 aliphatic heterocycles. The smallest absolute Gasteiger partial charge is 0.383 e.